The number of hydrogen-bond acceptors (Lipinski definition) is 6. The first-order valence-corrected chi connectivity index (χ1v) is 17.1. The fourth-order valence-electron chi connectivity index (χ4n) is 6.07. The summed E-state index contributed by atoms with van der Waals surface area (Å²) in [6.07, 6.45) is 1.29. The van der Waals surface area contributed by atoms with Crippen molar-refractivity contribution in [1.82, 2.24) is 4.98 Å². The number of anilines is 1. The number of pyridine rings is 1. The molecule has 260 valence electrons. The van der Waals surface area contributed by atoms with Gasteiger partial charge in [0.2, 0.25) is 0 Å². The molecular weight excluding hydrogens is 643 g/mol. The Morgan fingerprint density at radius 1 is 0.959 bits per heavy atom. The molecule has 4 aromatic rings. The first-order valence-electron chi connectivity index (χ1n) is 16.7. The monoisotopic (exact) mass is 688 g/mol. The van der Waals surface area contributed by atoms with E-state index in [1.54, 1.807) is 24.3 Å². The maximum atomic E-state index is 13.3. The minimum absolute atomic E-state index is 0.151. The number of carboxylic acids is 1. The van der Waals surface area contributed by atoms with Crippen molar-refractivity contribution in [3.05, 3.63) is 106 Å². The van der Waals surface area contributed by atoms with Crippen LogP contribution in [0.1, 0.15) is 76.1 Å². The lowest BCUT2D eigenvalue weighted by Gasteiger charge is -2.41. The maximum Gasteiger partial charge on any atom is 0.337 e. The summed E-state index contributed by atoms with van der Waals surface area (Å²) in [5.74, 6) is -0.00550. The number of nitrogens with zero attached hydrogens (tertiary/aromatic N) is 2. The van der Waals surface area contributed by atoms with Crippen LogP contribution in [0.5, 0.6) is 11.5 Å². The van der Waals surface area contributed by atoms with E-state index in [-0.39, 0.29) is 17.8 Å². The van der Waals surface area contributed by atoms with Crippen LogP contribution in [0.3, 0.4) is 0 Å². The Labute approximate surface area is 294 Å². The Bertz CT molecular complexity index is 1730. The minimum Gasteiger partial charge on any atom is -0.493 e. The summed E-state index contributed by atoms with van der Waals surface area (Å²) in [5.41, 5.74) is 4.70. The van der Waals surface area contributed by atoms with Gasteiger partial charge in [0.1, 0.15) is 23.9 Å². The third-order valence-corrected chi connectivity index (χ3v) is 9.02. The molecule has 0 radical (unpaired) electrons. The second kappa shape index (κ2) is 15.2. The molecule has 1 saturated heterocycles. The second-order valence-corrected chi connectivity index (χ2v) is 14.8. The molecule has 1 atom stereocenters. The molecule has 9 heteroatoms. The highest BCUT2D eigenvalue weighted by Crippen LogP contribution is 2.45. The van der Waals surface area contributed by atoms with Crippen molar-refractivity contribution in [3.63, 3.8) is 0 Å². The molecule has 1 aliphatic rings. The fourth-order valence-corrected chi connectivity index (χ4v) is 6.20. The van der Waals surface area contributed by atoms with Gasteiger partial charge in [-0.3, -0.25) is 4.98 Å². The number of piperidine rings is 1. The molecule has 0 aliphatic carbocycles. The van der Waals surface area contributed by atoms with Crippen LogP contribution in [0.15, 0.2) is 72.8 Å². The zero-order valence-corrected chi connectivity index (χ0v) is 29.9. The zero-order chi connectivity index (χ0) is 35.3. The van der Waals surface area contributed by atoms with Gasteiger partial charge < -0.3 is 24.2 Å². The predicted octanol–water partition coefficient (Wildman–Crippen LogP) is 9.62. The van der Waals surface area contributed by atoms with Crippen LogP contribution < -0.4 is 14.4 Å². The van der Waals surface area contributed by atoms with Crippen LogP contribution in [0.4, 0.5) is 10.1 Å². The summed E-state index contributed by atoms with van der Waals surface area (Å²) in [6, 6.07) is 21.4. The van der Waals surface area contributed by atoms with E-state index in [0.717, 1.165) is 48.3 Å². The molecule has 0 bridgehead atoms. The van der Waals surface area contributed by atoms with E-state index < -0.39 is 17.7 Å². The molecule has 2 heterocycles. The van der Waals surface area contributed by atoms with E-state index in [2.05, 4.69) is 18.7 Å². The summed E-state index contributed by atoms with van der Waals surface area (Å²) in [7, 11) is 0. The van der Waals surface area contributed by atoms with Crippen molar-refractivity contribution in [2.75, 3.05) is 24.6 Å². The van der Waals surface area contributed by atoms with Gasteiger partial charge in [0.25, 0.3) is 0 Å². The van der Waals surface area contributed by atoms with Gasteiger partial charge in [0, 0.05) is 41.4 Å². The van der Waals surface area contributed by atoms with E-state index in [4.69, 9.17) is 30.8 Å². The van der Waals surface area contributed by atoms with Crippen LogP contribution in [-0.2, 0) is 22.6 Å². The van der Waals surface area contributed by atoms with Crippen molar-refractivity contribution >= 4 is 23.3 Å². The SMILES string of the molecule is Cc1nc(COc2ccc(Cl)cc2)c(-c2ccc(OCCc3ccc(F)cc3)cc2)c(N2CCC(C)(C)CC2)c1[C@H](OC(C)(C)C)C(=O)O. The molecule has 5 rings (SSSR count). The van der Waals surface area contributed by atoms with Crippen LogP contribution >= 0.6 is 11.6 Å². The van der Waals surface area contributed by atoms with Gasteiger partial charge in [-0.1, -0.05) is 49.7 Å². The van der Waals surface area contributed by atoms with Gasteiger partial charge >= 0.3 is 5.97 Å². The molecular formula is C40H46ClFN2O5. The highest BCUT2D eigenvalue weighted by Gasteiger charge is 2.37. The quantitative estimate of drug-likeness (QED) is 0.159. The number of aromatic nitrogens is 1. The number of aliphatic carboxylic acids is 1. The predicted molar refractivity (Wildman–Crippen MR) is 192 cm³/mol. The summed E-state index contributed by atoms with van der Waals surface area (Å²) in [5, 5.41) is 11.2. The van der Waals surface area contributed by atoms with E-state index in [0.29, 0.717) is 46.5 Å². The summed E-state index contributed by atoms with van der Waals surface area (Å²) in [6.45, 7) is 14.1. The number of carboxylic acid groups (broad SMARTS) is 1. The zero-order valence-electron chi connectivity index (χ0n) is 29.2. The fraction of sp³-hybridized carbons (Fsp3) is 0.400. The van der Waals surface area contributed by atoms with Crippen molar-refractivity contribution in [3.8, 4) is 22.6 Å². The Morgan fingerprint density at radius 2 is 1.55 bits per heavy atom. The molecule has 1 aromatic heterocycles. The van der Waals surface area contributed by atoms with Crippen molar-refractivity contribution in [1.29, 1.82) is 0 Å². The van der Waals surface area contributed by atoms with E-state index in [1.165, 1.54) is 12.1 Å². The number of halogens is 2. The molecule has 1 fully saturated rings. The van der Waals surface area contributed by atoms with Crippen LogP contribution in [0.2, 0.25) is 5.02 Å². The van der Waals surface area contributed by atoms with Gasteiger partial charge in [-0.25, -0.2) is 9.18 Å². The molecule has 0 saturated carbocycles. The number of aryl methyl sites for hydroxylation is 1. The molecule has 0 unspecified atom stereocenters. The van der Waals surface area contributed by atoms with E-state index >= 15 is 0 Å². The molecule has 1 aliphatic heterocycles. The molecule has 7 nitrogen and oxygen atoms in total. The van der Waals surface area contributed by atoms with Gasteiger partial charge in [0.15, 0.2) is 6.10 Å². The highest BCUT2D eigenvalue weighted by molar-refractivity contribution is 6.30. The molecule has 1 N–H and O–H groups in total. The molecule has 3 aromatic carbocycles. The maximum absolute atomic E-state index is 13.3. The average Bonchev–Trinajstić information content (AvgIpc) is 3.04. The number of benzene rings is 3. The van der Waals surface area contributed by atoms with Gasteiger partial charge in [-0.05, 0) is 106 Å². The Morgan fingerprint density at radius 3 is 2.14 bits per heavy atom. The Balaban J connectivity index is 1.59. The number of hydrogen-bond donors (Lipinski definition) is 1. The lowest BCUT2D eigenvalue weighted by molar-refractivity contribution is -0.160. The minimum atomic E-state index is -1.24. The number of ether oxygens (including phenoxy) is 3. The summed E-state index contributed by atoms with van der Waals surface area (Å²) < 4.78 is 31.9. The van der Waals surface area contributed by atoms with Crippen molar-refractivity contribution < 1.29 is 28.5 Å². The average molecular weight is 689 g/mol. The lowest BCUT2D eigenvalue weighted by Crippen LogP contribution is -2.39. The first-order chi connectivity index (χ1) is 23.2. The molecule has 0 amide bonds. The highest BCUT2D eigenvalue weighted by atomic mass is 35.5. The third kappa shape index (κ3) is 9.52. The second-order valence-electron chi connectivity index (χ2n) is 14.4. The lowest BCUT2D eigenvalue weighted by atomic mass is 9.81. The van der Waals surface area contributed by atoms with E-state index in [9.17, 15) is 14.3 Å². The van der Waals surface area contributed by atoms with Crippen LogP contribution in [0.25, 0.3) is 11.1 Å². The smallest absolute Gasteiger partial charge is 0.337 e. The summed E-state index contributed by atoms with van der Waals surface area (Å²) >= 11 is 6.12. The number of carbonyl (C=O) groups is 1. The Hall–Kier alpha value is -4.14. The number of rotatable bonds is 12. The largest absolute Gasteiger partial charge is 0.493 e. The van der Waals surface area contributed by atoms with Gasteiger partial charge in [0.05, 0.1) is 23.6 Å². The van der Waals surface area contributed by atoms with Crippen LogP contribution in [0, 0.1) is 18.2 Å². The van der Waals surface area contributed by atoms with Gasteiger partial charge in [-0.2, -0.15) is 0 Å². The standard InChI is InChI=1S/C40H46ClFN2O5/c1-26-34(37(38(45)46)49-39(2,3)4)36(44-22-20-40(5,6)21-23-44)35(33(43-26)25-48-32-17-11-29(41)12-18-32)28-9-15-31(16-10-28)47-24-19-27-7-13-30(42)14-8-27/h7-18,37H,19-25H2,1-6H3,(H,45,46)/t37-/m0/s1. The van der Waals surface area contributed by atoms with Crippen molar-refractivity contribution in [2.24, 2.45) is 5.41 Å². The molecule has 0 spiro atoms. The summed E-state index contributed by atoms with van der Waals surface area (Å²) in [4.78, 5) is 20.3. The topological polar surface area (TPSA) is 81.1 Å². The first kappa shape index (κ1) is 36.1. The normalized spacial score (nSPS) is 15.1. The van der Waals surface area contributed by atoms with Gasteiger partial charge in [-0.15, -0.1) is 0 Å². The van der Waals surface area contributed by atoms with Crippen LogP contribution in [-0.4, -0.2) is 41.4 Å². The Kier molecular flexibility index (Phi) is 11.2. The molecule has 49 heavy (non-hydrogen) atoms. The van der Waals surface area contributed by atoms with E-state index in [1.807, 2.05) is 64.1 Å². The van der Waals surface area contributed by atoms with Crippen molar-refractivity contribution in [2.45, 2.75) is 79.1 Å². The third-order valence-electron chi connectivity index (χ3n) is 8.77.